The molecule has 0 amide bonds. The minimum absolute atomic E-state index is 0.423. The van der Waals surface area contributed by atoms with Crippen LogP contribution in [-0.4, -0.2) is 133 Å². The summed E-state index contributed by atoms with van der Waals surface area (Å²) < 4.78 is 26.4. The number of esters is 3. The molecule has 0 radical (unpaired) electrons. The number of cyclic esters (lactones) is 1. The fourth-order valence-electron chi connectivity index (χ4n) is 5.78. The first kappa shape index (κ1) is 38.9. The number of ether oxygens (including phenoxy) is 5. The highest BCUT2D eigenvalue weighted by Crippen LogP contribution is 2.55. The molecule has 300 valence electrons. The molecule has 5 unspecified atom stereocenters. The lowest BCUT2D eigenvalue weighted by molar-refractivity contribution is -0.284. The maximum Gasteiger partial charge on any atom is 0.340 e. The highest BCUT2D eigenvalue weighted by atomic mass is 16.7. The topological polar surface area (TPSA) is 398 Å². The van der Waals surface area contributed by atoms with Crippen molar-refractivity contribution in [3.63, 3.8) is 0 Å². The third-order valence-electron chi connectivity index (χ3n) is 8.62. The van der Waals surface area contributed by atoms with E-state index in [0.29, 0.717) is 30.3 Å². The zero-order valence-electron chi connectivity index (χ0n) is 27.9. The molecule has 4 aromatic carbocycles. The van der Waals surface area contributed by atoms with E-state index in [0.717, 1.165) is 0 Å². The average Bonchev–Trinajstić information content (AvgIpc) is 3.17. The van der Waals surface area contributed by atoms with E-state index in [-0.39, 0.29) is 0 Å². The van der Waals surface area contributed by atoms with Crippen molar-refractivity contribution >= 4 is 23.9 Å². The Morgan fingerprint density at radius 1 is 0.632 bits per heavy atom. The molecule has 57 heavy (non-hydrogen) atoms. The SMILES string of the molecule is O=C(OC1OC2COC(=O)c3cc(Oc4c(C(=O)O)cc(O)c(O)c4O)c(O)c(O)c3-c3c(cc(O)c(O)c3O)C(=O)OC2C(O)C1O)c1cc(O)c(O)c(O)c1. The minimum Gasteiger partial charge on any atom is -0.504 e. The Bertz CT molecular complexity index is 2360. The fourth-order valence-corrected chi connectivity index (χ4v) is 5.78. The van der Waals surface area contributed by atoms with Crippen molar-refractivity contribution in [1.29, 1.82) is 0 Å². The lowest BCUT2D eigenvalue weighted by atomic mass is 9.91. The summed E-state index contributed by atoms with van der Waals surface area (Å²) in [4.78, 5) is 52.3. The van der Waals surface area contributed by atoms with Crippen LogP contribution in [0.15, 0.2) is 30.3 Å². The van der Waals surface area contributed by atoms with Gasteiger partial charge in [0.15, 0.2) is 57.8 Å². The molecule has 2 aliphatic heterocycles. The lowest BCUT2D eigenvalue weighted by Gasteiger charge is -2.41. The number of aliphatic hydroxyl groups is 2. The molecule has 0 spiro atoms. The third-order valence-corrected chi connectivity index (χ3v) is 8.62. The van der Waals surface area contributed by atoms with Crippen LogP contribution in [-0.2, 0) is 18.9 Å². The van der Waals surface area contributed by atoms with Crippen LogP contribution in [0.3, 0.4) is 0 Å². The zero-order chi connectivity index (χ0) is 41.9. The summed E-state index contributed by atoms with van der Waals surface area (Å²) in [7, 11) is 0. The van der Waals surface area contributed by atoms with Gasteiger partial charge < -0.3 is 95.2 Å². The molecule has 2 aliphatic rings. The Hall–Kier alpha value is -7.76. The van der Waals surface area contributed by atoms with Crippen LogP contribution in [0.25, 0.3) is 11.1 Å². The number of aliphatic hydroxyl groups excluding tert-OH is 2. The van der Waals surface area contributed by atoms with E-state index in [2.05, 4.69) is 0 Å². The summed E-state index contributed by atoms with van der Waals surface area (Å²) in [6, 6.07) is 2.67. The van der Waals surface area contributed by atoms with Gasteiger partial charge in [0.05, 0.1) is 16.7 Å². The Kier molecular flexibility index (Phi) is 9.67. The number of benzene rings is 4. The van der Waals surface area contributed by atoms with Gasteiger partial charge >= 0.3 is 23.9 Å². The second-order valence-corrected chi connectivity index (χ2v) is 12.1. The number of carbonyl (C=O) groups is 4. The Balaban J connectivity index is 1.47. The van der Waals surface area contributed by atoms with Crippen LogP contribution in [0.2, 0.25) is 0 Å². The van der Waals surface area contributed by atoms with Crippen LogP contribution < -0.4 is 4.74 Å². The maximum atomic E-state index is 13.8. The van der Waals surface area contributed by atoms with Gasteiger partial charge in [-0.15, -0.1) is 0 Å². The molecule has 14 N–H and O–H groups in total. The number of hydrogen-bond acceptors (Lipinski definition) is 22. The quantitative estimate of drug-likeness (QED) is 0.0746. The van der Waals surface area contributed by atoms with Gasteiger partial charge in [0.2, 0.25) is 29.3 Å². The molecule has 1 fully saturated rings. The van der Waals surface area contributed by atoms with Crippen LogP contribution in [0.5, 0.6) is 74.7 Å². The predicted octanol–water partition coefficient (Wildman–Crippen LogP) is 0.605. The van der Waals surface area contributed by atoms with E-state index in [9.17, 15) is 90.7 Å². The molecule has 6 rings (SSSR count). The predicted molar refractivity (Wildman–Crippen MR) is 176 cm³/mol. The largest absolute Gasteiger partial charge is 0.504 e. The molecule has 4 aromatic rings. The fraction of sp³-hybridized carbons (Fsp3) is 0.176. The number of rotatable bonds is 5. The normalized spacial score (nSPS) is 20.4. The van der Waals surface area contributed by atoms with Gasteiger partial charge in [0, 0.05) is 23.3 Å². The number of phenols is 11. The van der Waals surface area contributed by atoms with Gasteiger partial charge in [0.25, 0.3) is 0 Å². The van der Waals surface area contributed by atoms with E-state index in [4.69, 9.17) is 23.7 Å². The van der Waals surface area contributed by atoms with Crippen LogP contribution >= 0.6 is 0 Å². The molecular formula is C34H26O23. The molecule has 0 bridgehead atoms. The molecule has 0 saturated carbocycles. The van der Waals surface area contributed by atoms with E-state index < -0.39 is 169 Å². The smallest absolute Gasteiger partial charge is 0.340 e. The summed E-state index contributed by atoms with van der Waals surface area (Å²) in [5.41, 5.74) is -5.80. The van der Waals surface area contributed by atoms with Crippen molar-refractivity contribution in [2.75, 3.05) is 6.61 Å². The number of hydrogen-bond donors (Lipinski definition) is 14. The first-order valence-corrected chi connectivity index (χ1v) is 15.6. The van der Waals surface area contributed by atoms with E-state index in [1.54, 1.807) is 0 Å². The summed E-state index contributed by atoms with van der Waals surface area (Å²) in [5.74, 6) is -22.5. The number of carbonyl (C=O) groups excluding carboxylic acids is 3. The Morgan fingerprint density at radius 3 is 1.79 bits per heavy atom. The Morgan fingerprint density at radius 2 is 1.18 bits per heavy atom. The standard InChI is InChI=1S/C34H26O23/c35-11-1-7(2-12(36)19(11)39)31(50)57-34-27(47)26(46)29-16(55-34)6-53-32(51)9-5-15(54-28-10(30(48)49)4-14(38)21(41)25(28)45)22(42)24(44)18(9)17-8(33(52)56-29)3-13(37)20(40)23(17)43/h1-5,16,26-27,29,34-47H,6H2,(H,48,49). The van der Waals surface area contributed by atoms with Crippen molar-refractivity contribution in [3.8, 4) is 85.9 Å². The summed E-state index contributed by atoms with van der Waals surface area (Å²) in [6.45, 7) is -1.11. The second-order valence-electron chi connectivity index (χ2n) is 12.1. The number of phenolic OH excluding ortho intramolecular Hbond substituents is 11. The van der Waals surface area contributed by atoms with Crippen molar-refractivity contribution < 1.29 is 114 Å². The van der Waals surface area contributed by atoms with Crippen LogP contribution in [0, 0.1) is 0 Å². The van der Waals surface area contributed by atoms with E-state index in [1.165, 1.54) is 0 Å². The van der Waals surface area contributed by atoms with Gasteiger partial charge in [-0.2, -0.15) is 0 Å². The number of carboxylic acids is 1. The second kappa shape index (κ2) is 14.1. The van der Waals surface area contributed by atoms with Gasteiger partial charge in [-0.25, -0.2) is 19.2 Å². The first-order chi connectivity index (χ1) is 26.7. The van der Waals surface area contributed by atoms with E-state index >= 15 is 0 Å². The van der Waals surface area contributed by atoms with Gasteiger partial charge in [-0.3, -0.25) is 0 Å². The minimum atomic E-state index is -2.29. The Labute approximate surface area is 314 Å². The van der Waals surface area contributed by atoms with Crippen molar-refractivity contribution in [2.24, 2.45) is 0 Å². The van der Waals surface area contributed by atoms with Gasteiger partial charge in [-0.05, 0) is 18.2 Å². The third kappa shape index (κ3) is 6.58. The highest BCUT2D eigenvalue weighted by molar-refractivity contribution is 6.08. The molecule has 0 aromatic heterocycles. The number of fused-ring (bicyclic) bond motifs is 4. The first-order valence-electron chi connectivity index (χ1n) is 15.6. The molecular weight excluding hydrogens is 776 g/mol. The monoisotopic (exact) mass is 802 g/mol. The van der Waals surface area contributed by atoms with E-state index in [1.807, 2.05) is 0 Å². The number of aromatic carboxylic acids is 1. The summed E-state index contributed by atoms with van der Waals surface area (Å²) in [5, 5.41) is 145. The van der Waals surface area contributed by atoms with Gasteiger partial charge in [-0.1, -0.05) is 0 Å². The van der Waals surface area contributed by atoms with Crippen molar-refractivity contribution in [1.82, 2.24) is 0 Å². The van der Waals surface area contributed by atoms with Crippen LogP contribution in [0.4, 0.5) is 0 Å². The molecule has 0 aliphatic carbocycles. The molecule has 5 atom stereocenters. The summed E-state index contributed by atoms with van der Waals surface area (Å²) in [6.07, 6.45) is -10.8. The number of aromatic hydroxyl groups is 11. The van der Waals surface area contributed by atoms with Crippen molar-refractivity contribution in [2.45, 2.75) is 30.7 Å². The van der Waals surface area contributed by atoms with Crippen molar-refractivity contribution in [3.05, 3.63) is 52.6 Å². The zero-order valence-corrected chi connectivity index (χ0v) is 27.9. The molecule has 23 heteroatoms. The average molecular weight is 803 g/mol. The number of carboxylic acid groups (broad SMARTS) is 1. The lowest BCUT2D eigenvalue weighted by Crippen LogP contribution is -2.61. The molecule has 2 heterocycles. The van der Waals surface area contributed by atoms with Crippen LogP contribution in [0.1, 0.15) is 41.4 Å². The maximum absolute atomic E-state index is 13.8. The molecule has 1 saturated heterocycles. The highest BCUT2D eigenvalue weighted by Gasteiger charge is 2.50. The van der Waals surface area contributed by atoms with Gasteiger partial charge in [0.1, 0.15) is 30.5 Å². The summed E-state index contributed by atoms with van der Waals surface area (Å²) >= 11 is 0. The molecule has 23 nitrogen and oxygen atoms in total.